The van der Waals surface area contributed by atoms with Crippen LogP contribution < -0.4 is 0 Å². The van der Waals surface area contributed by atoms with Crippen LogP contribution in [0.3, 0.4) is 0 Å². The Bertz CT molecular complexity index is 273. The van der Waals surface area contributed by atoms with Crippen LogP contribution in [-0.4, -0.2) is 19.5 Å². The molecule has 0 aliphatic rings. The van der Waals surface area contributed by atoms with Gasteiger partial charge in [0.1, 0.15) is 0 Å². The van der Waals surface area contributed by atoms with E-state index >= 15 is 0 Å². The van der Waals surface area contributed by atoms with Crippen LogP contribution >= 0.6 is 0 Å². The summed E-state index contributed by atoms with van der Waals surface area (Å²) < 4.78 is 15.8. The van der Waals surface area contributed by atoms with Crippen LogP contribution in [0, 0.1) is 0 Å². The lowest BCUT2D eigenvalue weighted by Gasteiger charge is -2.13. The van der Waals surface area contributed by atoms with Crippen molar-refractivity contribution in [2.75, 3.05) is 13.2 Å². The minimum atomic E-state index is -0.515. The van der Waals surface area contributed by atoms with Gasteiger partial charge in [-0.15, -0.1) is 0 Å². The van der Waals surface area contributed by atoms with Crippen LogP contribution in [0.4, 0.5) is 0 Å². The summed E-state index contributed by atoms with van der Waals surface area (Å²) in [6.45, 7) is 4.80. The first kappa shape index (κ1) is 10.9. The summed E-state index contributed by atoms with van der Waals surface area (Å²) in [7, 11) is 0. The van der Waals surface area contributed by atoms with Crippen molar-refractivity contribution >= 4 is 6.29 Å². The maximum Gasteiger partial charge on any atom is 0.217 e. The molecule has 1 aromatic heterocycles. The van der Waals surface area contributed by atoms with Crippen molar-refractivity contribution in [3.05, 3.63) is 23.7 Å². The number of furan rings is 1. The van der Waals surface area contributed by atoms with E-state index in [1.54, 1.807) is 12.1 Å². The summed E-state index contributed by atoms with van der Waals surface area (Å²) in [6.07, 6.45) is 0.136. The predicted octanol–water partition coefficient (Wildman–Crippen LogP) is 2.16. The number of hydrogen-bond donors (Lipinski definition) is 0. The normalized spacial score (nSPS) is 10.8. The van der Waals surface area contributed by atoms with Crippen molar-refractivity contribution in [2.45, 2.75) is 20.1 Å². The molecule has 4 nitrogen and oxygen atoms in total. The molecule has 78 valence electrons. The molecule has 0 atom stereocenters. The van der Waals surface area contributed by atoms with Crippen molar-refractivity contribution in [1.29, 1.82) is 0 Å². The zero-order chi connectivity index (χ0) is 10.4. The van der Waals surface area contributed by atoms with E-state index in [4.69, 9.17) is 13.9 Å². The Kier molecular flexibility index (Phi) is 4.35. The van der Waals surface area contributed by atoms with Gasteiger partial charge in [0, 0.05) is 13.2 Å². The third kappa shape index (κ3) is 2.68. The van der Waals surface area contributed by atoms with Crippen LogP contribution in [0.2, 0.25) is 0 Å². The standard InChI is InChI=1S/C10H14O4/c1-3-12-10(13-4-2)9-6-5-8(7-11)14-9/h5-7,10H,3-4H2,1-2H3. The van der Waals surface area contributed by atoms with E-state index in [-0.39, 0.29) is 5.76 Å². The van der Waals surface area contributed by atoms with Gasteiger partial charge in [0.15, 0.2) is 17.8 Å². The Balaban J connectivity index is 2.70. The van der Waals surface area contributed by atoms with Crippen LogP contribution in [0.15, 0.2) is 16.5 Å². The molecule has 1 rings (SSSR count). The Hall–Kier alpha value is -1.13. The van der Waals surface area contributed by atoms with Crippen LogP contribution in [0.5, 0.6) is 0 Å². The van der Waals surface area contributed by atoms with E-state index in [2.05, 4.69) is 0 Å². The Morgan fingerprint density at radius 2 is 2.00 bits per heavy atom. The van der Waals surface area contributed by atoms with Gasteiger partial charge in [-0.3, -0.25) is 4.79 Å². The molecular formula is C10H14O4. The fraction of sp³-hybridized carbons (Fsp3) is 0.500. The molecule has 0 bridgehead atoms. The highest BCUT2D eigenvalue weighted by Crippen LogP contribution is 2.20. The molecule has 0 unspecified atom stereocenters. The van der Waals surface area contributed by atoms with Gasteiger partial charge < -0.3 is 13.9 Å². The molecule has 1 heterocycles. The number of aldehydes is 1. The minimum absolute atomic E-state index is 0.282. The topological polar surface area (TPSA) is 48.7 Å². The van der Waals surface area contributed by atoms with Gasteiger partial charge in [0.25, 0.3) is 0 Å². The van der Waals surface area contributed by atoms with Crippen molar-refractivity contribution in [3.8, 4) is 0 Å². The molecular weight excluding hydrogens is 184 g/mol. The smallest absolute Gasteiger partial charge is 0.217 e. The number of carbonyl (C=O) groups excluding carboxylic acids is 1. The van der Waals surface area contributed by atoms with Crippen molar-refractivity contribution in [3.63, 3.8) is 0 Å². The molecule has 0 saturated carbocycles. The summed E-state index contributed by atoms with van der Waals surface area (Å²) in [5.41, 5.74) is 0. The lowest BCUT2D eigenvalue weighted by atomic mass is 10.4. The molecule has 0 saturated heterocycles. The summed E-state index contributed by atoms with van der Waals surface area (Å²) in [4.78, 5) is 10.4. The largest absolute Gasteiger partial charge is 0.453 e. The second-order valence-corrected chi connectivity index (χ2v) is 2.60. The average Bonchev–Trinajstić information content (AvgIpc) is 2.65. The second kappa shape index (κ2) is 5.57. The van der Waals surface area contributed by atoms with E-state index < -0.39 is 6.29 Å². The molecule has 0 aliphatic heterocycles. The number of carbonyl (C=O) groups is 1. The zero-order valence-electron chi connectivity index (χ0n) is 8.36. The van der Waals surface area contributed by atoms with Crippen molar-refractivity contribution in [2.24, 2.45) is 0 Å². The van der Waals surface area contributed by atoms with Crippen LogP contribution in [0.25, 0.3) is 0 Å². The van der Waals surface area contributed by atoms with Crippen LogP contribution in [-0.2, 0) is 9.47 Å². The van der Waals surface area contributed by atoms with E-state index in [1.807, 2.05) is 13.8 Å². The summed E-state index contributed by atoms with van der Waals surface area (Å²) in [5, 5.41) is 0. The highest BCUT2D eigenvalue weighted by Gasteiger charge is 2.15. The number of hydrogen-bond acceptors (Lipinski definition) is 4. The lowest BCUT2D eigenvalue weighted by Crippen LogP contribution is -2.07. The van der Waals surface area contributed by atoms with Crippen LogP contribution in [0.1, 0.15) is 36.5 Å². The minimum Gasteiger partial charge on any atom is -0.453 e. The van der Waals surface area contributed by atoms with Gasteiger partial charge in [-0.2, -0.15) is 0 Å². The third-order valence-corrected chi connectivity index (χ3v) is 1.63. The van der Waals surface area contributed by atoms with Gasteiger partial charge in [-0.25, -0.2) is 0 Å². The van der Waals surface area contributed by atoms with E-state index in [0.29, 0.717) is 25.3 Å². The average molecular weight is 198 g/mol. The monoisotopic (exact) mass is 198 g/mol. The first-order valence-corrected chi connectivity index (χ1v) is 4.59. The molecule has 14 heavy (non-hydrogen) atoms. The summed E-state index contributed by atoms with van der Waals surface area (Å²) >= 11 is 0. The third-order valence-electron chi connectivity index (χ3n) is 1.63. The maximum absolute atomic E-state index is 10.4. The number of ether oxygens (including phenoxy) is 2. The fourth-order valence-corrected chi connectivity index (χ4v) is 1.07. The Labute approximate surface area is 82.8 Å². The van der Waals surface area contributed by atoms with Gasteiger partial charge >= 0.3 is 0 Å². The fourth-order valence-electron chi connectivity index (χ4n) is 1.07. The van der Waals surface area contributed by atoms with Crippen molar-refractivity contribution < 1.29 is 18.7 Å². The van der Waals surface area contributed by atoms with Gasteiger partial charge in [0.05, 0.1) is 0 Å². The molecule has 0 N–H and O–H groups in total. The highest BCUT2D eigenvalue weighted by atomic mass is 16.7. The maximum atomic E-state index is 10.4. The molecule has 0 amide bonds. The molecule has 0 fully saturated rings. The molecule has 4 heteroatoms. The molecule has 0 aliphatic carbocycles. The van der Waals surface area contributed by atoms with Gasteiger partial charge in [-0.1, -0.05) is 0 Å². The summed E-state index contributed by atoms with van der Waals surface area (Å²) in [6, 6.07) is 3.27. The molecule has 0 aromatic carbocycles. The Morgan fingerprint density at radius 1 is 1.36 bits per heavy atom. The SMILES string of the molecule is CCOC(OCC)c1ccc(C=O)o1. The number of rotatable bonds is 6. The summed E-state index contributed by atoms with van der Waals surface area (Å²) in [5.74, 6) is 0.806. The highest BCUT2D eigenvalue weighted by molar-refractivity contribution is 5.70. The molecule has 1 aromatic rings. The first-order valence-electron chi connectivity index (χ1n) is 4.59. The molecule has 0 radical (unpaired) electrons. The Morgan fingerprint density at radius 3 is 2.43 bits per heavy atom. The molecule has 0 spiro atoms. The van der Waals surface area contributed by atoms with E-state index in [0.717, 1.165) is 0 Å². The quantitative estimate of drug-likeness (QED) is 0.519. The van der Waals surface area contributed by atoms with Gasteiger partial charge in [-0.05, 0) is 26.0 Å². The van der Waals surface area contributed by atoms with E-state index in [9.17, 15) is 4.79 Å². The lowest BCUT2D eigenvalue weighted by molar-refractivity contribution is -0.150. The second-order valence-electron chi connectivity index (χ2n) is 2.60. The van der Waals surface area contributed by atoms with Gasteiger partial charge in [0.2, 0.25) is 6.29 Å². The zero-order valence-corrected chi connectivity index (χ0v) is 8.36. The first-order chi connectivity index (χ1) is 6.81. The predicted molar refractivity (Wildman–Crippen MR) is 50.1 cm³/mol. The van der Waals surface area contributed by atoms with Crippen molar-refractivity contribution in [1.82, 2.24) is 0 Å². The van der Waals surface area contributed by atoms with E-state index in [1.165, 1.54) is 0 Å².